The lowest BCUT2D eigenvalue weighted by Crippen LogP contribution is -2.13. The van der Waals surface area contributed by atoms with E-state index in [2.05, 4.69) is 15.5 Å². The zero-order chi connectivity index (χ0) is 15.5. The molecule has 8 heteroatoms. The molecule has 1 fully saturated rings. The molecular formula is C14H15FN4OS2. The summed E-state index contributed by atoms with van der Waals surface area (Å²) < 4.78 is 13.8. The Hall–Kier alpha value is -1.51. The van der Waals surface area contributed by atoms with Crippen molar-refractivity contribution in [1.82, 2.24) is 10.2 Å². The summed E-state index contributed by atoms with van der Waals surface area (Å²) in [6.07, 6.45) is 4.65. The van der Waals surface area contributed by atoms with Crippen molar-refractivity contribution in [1.29, 1.82) is 0 Å². The van der Waals surface area contributed by atoms with Gasteiger partial charge in [0.15, 0.2) is 0 Å². The highest BCUT2D eigenvalue weighted by Gasteiger charge is 2.22. The van der Waals surface area contributed by atoms with Crippen molar-refractivity contribution in [3.05, 3.63) is 34.6 Å². The van der Waals surface area contributed by atoms with Crippen LogP contribution < -0.4 is 10.5 Å². The van der Waals surface area contributed by atoms with Gasteiger partial charge < -0.3 is 0 Å². The van der Waals surface area contributed by atoms with Crippen LogP contribution in [0.3, 0.4) is 0 Å². The zero-order valence-electron chi connectivity index (χ0n) is 11.7. The quantitative estimate of drug-likeness (QED) is 0.833. The third kappa shape index (κ3) is 3.29. The predicted octanol–water partition coefficient (Wildman–Crippen LogP) is 3.55. The van der Waals surface area contributed by atoms with Crippen molar-refractivity contribution in [2.24, 2.45) is 5.14 Å². The zero-order valence-corrected chi connectivity index (χ0v) is 13.3. The summed E-state index contributed by atoms with van der Waals surface area (Å²) in [7, 11) is 0. The minimum absolute atomic E-state index is 0.0481. The second-order valence-corrected chi connectivity index (χ2v) is 6.86. The van der Waals surface area contributed by atoms with E-state index in [-0.39, 0.29) is 5.56 Å². The summed E-state index contributed by atoms with van der Waals surface area (Å²) in [6.45, 7) is 0. The van der Waals surface area contributed by atoms with Gasteiger partial charge in [-0.1, -0.05) is 24.2 Å². The fraction of sp³-hybridized carbons (Fsp3) is 0.357. The van der Waals surface area contributed by atoms with E-state index in [1.807, 2.05) is 0 Å². The molecule has 3 rings (SSSR count). The van der Waals surface area contributed by atoms with Gasteiger partial charge >= 0.3 is 0 Å². The topological polar surface area (TPSA) is 80.9 Å². The number of nitrogens with one attached hydrogen (secondary N) is 1. The first-order valence-corrected chi connectivity index (χ1v) is 8.68. The second kappa shape index (κ2) is 6.72. The number of halogens is 1. The molecule has 0 atom stereocenters. The number of anilines is 1. The lowest BCUT2D eigenvalue weighted by atomic mass is 10.1. The van der Waals surface area contributed by atoms with Gasteiger partial charge in [0.05, 0.1) is 5.56 Å². The molecule has 0 saturated heterocycles. The molecule has 1 saturated carbocycles. The highest BCUT2D eigenvalue weighted by molar-refractivity contribution is 7.97. The molecule has 1 aromatic carbocycles. The lowest BCUT2D eigenvalue weighted by Gasteiger charge is -2.04. The molecule has 0 aliphatic heterocycles. The number of amides is 1. The van der Waals surface area contributed by atoms with Gasteiger partial charge in [-0.2, -0.15) is 0 Å². The van der Waals surface area contributed by atoms with Crippen molar-refractivity contribution in [3.8, 4) is 0 Å². The summed E-state index contributed by atoms with van der Waals surface area (Å²) in [5.74, 6) is -0.685. The van der Waals surface area contributed by atoms with Crippen LogP contribution >= 0.6 is 23.3 Å². The Morgan fingerprint density at radius 1 is 1.36 bits per heavy atom. The maximum atomic E-state index is 13.8. The Kier molecular flexibility index (Phi) is 4.70. The summed E-state index contributed by atoms with van der Waals surface area (Å²) >= 11 is 2.33. The van der Waals surface area contributed by atoms with Crippen LogP contribution in [0, 0.1) is 5.82 Å². The molecule has 5 nitrogen and oxygen atoms in total. The normalized spacial score (nSPS) is 15.2. The Labute approximate surface area is 135 Å². The molecule has 1 heterocycles. The third-order valence-electron chi connectivity index (χ3n) is 3.68. The summed E-state index contributed by atoms with van der Waals surface area (Å²) in [4.78, 5) is 12.8. The van der Waals surface area contributed by atoms with Gasteiger partial charge in [-0.15, -0.1) is 10.2 Å². The molecule has 0 unspecified atom stereocenters. The first kappa shape index (κ1) is 15.4. The average Bonchev–Trinajstić information content (AvgIpc) is 3.18. The fourth-order valence-electron chi connectivity index (χ4n) is 2.54. The molecule has 22 heavy (non-hydrogen) atoms. The third-order valence-corrected chi connectivity index (χ3v) is 5.21. The minimum Gasteiger partial charge on any atom is -0.296 e. The van der Waals surface area contributed by atoms with E-state index in [0.29, 0.717) is 15.9 Å². The van der Waals surface area contributed by atoms with Crippen LogP contribution in [0.4, 0.5) is 9.52 Å². The SMILES string of the molecule is NSc1ccc(F)c(C(=O)Nc2nnc(C3CCCC3)s2)c1. The van der Waals surface area contributed by atoms with Gasteiger partial charge in [-0.05, 0) is 43.0 Å². The second-order valence-electron chi connectivity index (χ2n) is 5.14. The fourth-order valence-corrected chi connectivity index (χ4v) is 3.78. The van der Waals surface area contributed by atoms with E-state index in [9.17, 15) is 9.18 Å². The molecule has 0 spiro atoms. The summed E-state index contributed by atoms with van der Waals surface area (Å²) in [5, 5.41) is 17.5. The number of aromatic nitrogens is 2. The van der Waals surface area contributed by atoms with Crippen molar-refractivity contribution in [2.75, 3.05) is 5.32 Å². The average molecular weight is 338 g/mol. The largest absolute Gasteiger partial charge is 0.296 e. The maximum Gasteiger partial charge on any atom is 0.260 e. The predicted molar refractivity (Wildman–Crippen MR) is 85.5 cm³/mol. The van der Waals surface area contributed by atoms with Gasteiger partial charge in [0, 0.05) is 10.8 Å². The standard InChI is InChI=1S/C14H15FN4OS2/c15-11-6-5-9(22-16)7-10(11)12(20)17-14-19-18-13(21-14)8-3-1-2-4-8/h5-8H,1-4,16H2,(H,17,19,20). The first-order chi connectivity index (χ1) is 10.7. The van der Waals surface area contributed by atoms with E-state index in [4.69, 9.17) is 5.14 Å². The van der Waals surface area contributed by atoms with E-state index in [1.165, 1.54) is 42.4 Å². The number of benzene rings is 1. The van der Waals surface area contributed by atoms with Crippen molar-refractivity contribution >= 4 is 34.3 Å². The molecule has 1 aromatic heterocycles. The van der Waals surface area contributed by atoms with Crippen molar-refractivity contribution in [2.45, 2.75) is 36.5 Å². The lowest BCUT2D eigenvalue weighted by molar-refractivity contribution is 0.102. The van der Waals surface area contributed by atoms with E-state index < -0.39 is 11.7 Å². The smallest absolute Gasteiger partial charge is 0.260 e. The van der Waals surface area contributed by atoms with Gasteiger partial charge in [-0.3, -0.25) is 15.3 Å². The van der Waals surface area contributed by atoms with Crippen LogP contribution in [0.25, 0.3) is 0 Å². The number of carbonyl (C=O) groups is 1. The number of hydrogen-bond donors (Lipinski definition) is 2. The van der Waals surface area contributed by atoms with Crippen LogP contribution in [-0.4, -0.2) is 16.1 Å². The Morgan fingerprint density at radius 2 is 2.14 bits per heavy atom. The number of hydrogen-bond acceptors (Lipinski definition) is 6. The van der Waals surface area contributed by atoms with E-state index >= 15 is 0 Å². The first-order valence-electron chi connectivity index (χ1n) is 6.98. The van der Waals surface area contributed by atoms with Gasteiger partial charge in [0.25, 0.3) is 5.91 Å². The summed E-state index contributed by atoms with van der Waals surface area (Å²) in [6, 6.07) is 4.18. The van der Waals surface area contributed by atoms with E-state index in [1.54, 1.807) is 0 Å². The summed E-state index contributed by atoms with van der Waals surface area (Å²) in [5.41, 5.74) is -0.0481. The molecule has 0 radical (unpaired) electrons. The van der Waals surface area contributed by atoms with Crippen molar-refractivity contribution < 1.29 is 9.18 Å². The number of carbonyl (C=O) groups excluding carboxylic acids is 1. The van der Waals surface area contributed by atoms with Gasteiger partial charge in [-0.25, -0.2) is 4.39 Å². The van der Waals surface area contributed by atoms with Crippen LogP contribution in [0.5, 0.6) is 0 Å². The van der Waals surface area contributed by atoms with Crippen molar-refractivity contribution in [3.63, 3.8) is 0 Å². The molecule has 1 aliphatic rings. The number of nitrogens with two attached hydrogens (primary N) is 1. The Balaban J connectivity index is 1.74. The molecule has 1 aliphatic carbocycles. The van der Waals surface area contributed by atoms with E-state index in [0.717, 1.165) is 29.8 Å². The van der Waals surface area contributed by atoms with Gasteiger partial charge in [0.2, 0.25) is 5.13 Å². The molecule has 0 bridgehead atoms. The number of rotatable bonds is 4. The van der Waals surface area contributed by atoms with Crippen LogP contribution in [0.2, 0.25) is 0 Å². The molecule has 3 N–H and O–H groups in total. The van der Waals surface area contributed by atoms with Crippen LogP contribution in [-0.2, 0) is 0 Å². The molecule has 116 valence electrons. The Morgan fingerprint density at radius 3 is 2.86 bits per heavy atom. The van der Waals surface area contributed by atoms with Gasteiger partial charge in [0.1, 0.15) is 10.8 Å². The molecular weight excluding hydrogens is 323 g/mol. The van der Waals surface area contributed by atoms with Crippen LogP contribution in [0.1, 0.15) is 47.0 Å². The maximum absolute atomic E-state index is 13.8. The minimum atomic E-state index is -0.587. The van der Waals surface area contributed by atoms with Crippen LogP contribution in [0.15, 0.2) is 23.1 Å². The number of nitrogens with zero attached hydrogens (tertiary/aromatic N) is 2. The Bertz CT molecular complexity index is 685. The monoisotopic (exact) mass is 338 g/mol. The molecule has 2 aromatic rings. The molecule has 1 amide bonds. The highest BCUT2D eigenvalue weighted by Crippen LogP contribution is 2.36. The highest BCUT2D eigenvalue weighted by atomic mass is 32.2.